The molecule has 2 amide bonds. The largest absolute Gasteiger partial charge is 0.451 e. The molecule has 1 saturated heterocycles. The summed E-state index contributed by atoms with van der Waals surface area (Å²) in [6, 6.07) is 26.9. The first kappa shape index (κ1) is 24.8. The molecule has 7 nitrogen and oxygen atoms in total. The Kier molecular flexibility index (Phi) is 7.12. The predicted octanol–water partition coefficient (Wildman–Crippen LogP) is 3.73. The van der Waals surface area contributed by atoms with Gasteiger partial charge in [0.15, 0.2) is 12.1 Å². The molecule has 0 aromatic heterocycles. The van der Waals surface area contributed by atoms with Gasteiger partial charge in [0, 0.05) is 12.5 Å². The standard InChI is InChI=1S/C29H26N2O5S/c1-18(33)30-26-22(17-32)24(31-27(34)23(28(31)37-26)19-11-5-2-6-12-19)29(35)36-25(20-13-7-3-8-14-20)21-15-9-4-10-16-21/h2-16,23-25,28,32H,17H2,1H3,(H,30,33)/t23-,24-,28-/m1/s1. The number of aliphatic hydroxyl groups is 1. The lowest BCUT2D eigenvalue weighted by molar-refractivity contribution is -0.164. The maximum Gasteiger partial charge on any atom is 0.334 e. The fraction of sp³-hybridized carbons (Fsp3) is 0.207. The van der Waals surface area contributed by atoms with E-state index in [1.807, 2.05) is 91.0 Å². The van der Waals surface area contributed by atoms with E-state index in [4.69, 9.17) is 4.74 Å². The monoisotopic (exact) mass is 514 g/mol. The Labute approximate surface area is 219 Å². The second-order valence-electron chi connectivity index (χ2n) is 8.88. The first-order valence-corrected chi connectivity index (χ1v) is 12.8. The van der Waals surface area contributed by atoms with Crippen LogP contribution >= 0.6 is 11.8 Å². The number of ether oxygens (including phenoxy) is 1. The zero-order valence-corrected chi connectivity index (χ0v) is 20.9. The van der Waals surface area contributed by atoms with Crippen LogP contribution < -0.4 is 5.32 Å². The van der Waals surface area contributed by atoms with Crippen LogP contribution in [0.2, 0.25) is 0 Å². The lowest BCUT2D eigenvalue weighted by Crippen LogP contribution is -2.66. The van der Waals surface area contributed by atoms with Gasteiger partial charge in [0.05, 0.1) is 17.6 Å². The molecule has 37 heavy (non-hydrogen) atoms. The third-order valence-electron chi connectivity index (χ3n) is 6.50. The Balaban J connectivity index is 1.53. The summed E-state index contributed by atoms with van der Waals surface area (Å²) in [6.45, 7) is 0.847. The average molecular weight is 515 g/mol. The topological polar surface area (TPSA) is 95.9 Å². The second-order valence-corrected chi connectivity index (χ2v) is 10.0. The number of carbonyl (C=O) groups excluding carboxylic acids is 3. The van der Waals surface area contributed by atoms with Crippen LogP contribution in [0.25, 0.3) is 0 Å². The van der Waals surface area contributed by atoms with Crippen LogP contribution in [0.4, 0.5) is 0 Å². The molecule has 2 aliphatic heterocycles. The SMILES string of the molecule is CC(=O)NC1=C(CO)[C@H](C(=O)OC(c2ccccc2)c2ccccc2)N2C(=O)[C@@H](c3ccccc3)[C@H]2S1. The molecule has 0 unspecified atom stereocenters. The Hall–Kier alpha value is -3.88. The van der Waals surface area contributed by atoms with Crippen LogP contribution in [-0.2, 0) is 19.1 Å². The molecule has 0 bridgehead atoms. The smallest absolute Gasteiger partial charge is 0.334 e. The molecule has 5 rings (SSSR count). The van der Waals surface area contributed by atoms with Crippen molar-refractivity contribution < 1.29 is 24.2 Å². The number of thioether (sulfide) groups is 1. The average Bonchev–Trinajstić information content (AvgIpc) is 2.92. The fourth-order valence-corrected chi connectivity index (χ4v) is 6.31. The molecule has 1 fully saturated rings. The summed E-state index contributed by atoms with van der Waals surface area (Å²) < 4.78 is 6.09. The third kappa shape index (κ3) is 4.77. The van der Waals surface area contributed by atoms with Crippen molar-refractivity contribution in [3.63, 3.8) is 0 Å². The van der Waals surface area contributed by atoms with Crippen LogP contribution in [0.5, 0.6) is 0 Å². The van der Waals surface area contributed by atoms with Gasteiger partial charge in [0.25, 0.3) is 0 Å². The summed E-state index contributed by atoms with van der Waals surface area (Å²) in [7, 11) is 0. The number of fused-ring (bicyclic) bond motifs is 1. The van der Waals surface area contributed by atoms with E-state index in [1.165, 1.54) is 23.6 Å². The van der Waals surface area contributed by atoms with E-state index in [-0.39, 0.29) is 17.4 Å². The first-order chi connectivity index (χ1) is 18.0. The van der Waals surface area contributed by atoms with Gasteiger partial charge in [-0.2, -0.15) is 0 Å². The lowest BCUT2D eigenvalue weighted by atomic mass is 9.86. The fourth-order valence-electron chi connectivity index (χ4n) is 4.79. The maximum absolute atomic E-state index is 13.9. The number of nitrogens with one attached hydrogen (secondary N) is 1. The summed E-state index contributed by atoms with van der Waals surface area (Å²) in [6.07, 6.45) is -0.714. The van der Waals surface area contributed by atoms with E-state index in [0.717, 1.165) is 16.7 Å². The van der Waals surface area contributed by atoms with Crippen molar-refractivity contribution in [2.24, 2.45) is 0 Å². The van der Waals surface area contributed by atoms with Crippen molar-refractivity contribution in [3.8, 4) is 0 Å². The van der Waals surface area contributed by atoms with E-state index in [9.17, 15) is 19.5 Å². The highest BCUT2D eigenvalue weighted by atomic mass is 32.2. The summed E-state index contributed by atoms with van der Waals surface area (Å²) in [4.78, 5) is 40.7. The molecule has 0 aliphatic carbocycles. The first-order valence-electron chi connectivity index (χ1n) is 11.9. The highest BCUT2D eigenvalue weighted by molar-refractivity contribution is 8.03. The van der Waals surface area contributed by atoms with E-state index in [2.05, 4.69) is 5.32 Å². The molecule has 2 N–H and O–H groups in total. The molecular formula is C29H26N2O5S. The number of carbonyl (C=O) groups is 3. The number of hydrogen-bond donors (Lipinski definition) is 2. The Bertz CT molecular complexity index is 1290. The number of amides is 2. The predicted molar refractivity (Wildman–Crippen MR) is 140 cm³/mol. The molecule has 188 valence electrons. The zero-order chi connectivity index (χ0) is 25.9. The highest BCUT2D eigenvalue weighted by Crippen LogP contribution is 2.50. The summed E-state index contributed by atoms with van der Waals surface area (Å²) >= 11 is 1.27. The van der Waals surface area contributed by atoms with Crippen LogP contribution in [0.15, 0.2) is 102 Å². The molecule has 0 radical (unpaired) electrons. The molecule has 0 saturated carbocycles. The number of nitrogens with zero attached hydrogens (tertiary/aromatic N) is 1. The van der Waals surface area contributed by atoms with E-state index in [0.29, 0.717) is 5.03 Å². The molecule has 2 heterocycles. The maximum atomic E-state index is 13.9. The van der Waals surface area contributed by atoms with Gasteiger partial charge in [-0.3, -0.25) is 9.59 Å². The molecular weight excluding hydrogens is 488 g/mol. The number of β-lactam (4-membered cyclic amide) rings is 1. The van der Waals surface area contributed by atoms with Gasteiger partial charge >= 0.3 is 5.97 Å². The van der Waals surface area contributed by atoms with E-state index >= 15 is 0 Å². The third-order valence-corrected chi connectivity index (χ3v) is 7.84. The van der Waals surface area contributed by atoms with Crippen molar-refractivity contribution in [2.45, 2.75) is 30.4 Å². The normalized spacial score (nSPS) is 20.8. The van der Waals surface area contributed by atoms with Gasteiger partial charge in [-0.1, -0.05) is 103 Å². The molecule has 3 aromatic carbocycles. The second kappa shape index (κ2) is 10.6. The Morgan fingerprint density at radius 2 is 1.49 bits per heavy atom. The summed E-state index contributed by atoms with van der Waals surface area (Å²) in [5, 5.41) is 13.0. The van der Waals surface area contributed by atoms with Gasteiger partial charge in [0.2, 0.25) is 11.8 Å². The molecule has 8 heteroatoms. The number of benzene rings is 3. The van der Waals surface area contributed by atoms with Crippen LogP contribution in [0.1, 0.15) is 35.6 Å². The van der Waals surface area contributed by atoms with Crippen molar-refractivity contribution in [3.05, 3.63) is 118 Å². The van der Waals surface area contributed by atoms with Gasteiger partial charge < -0.3 is 20.1 Å². The number of hydrogen-bond acceptors (Lipinski definition) is 6. The molecule has 2 aliphatic rings. The molecule has 0 spiro atoms. The highest BCUT2D eigenvalue weighted by Gasteiger charge is 2.57. The van der Waals surface area contributed by atoms with Crippen LogP contribution in [-0.4, -0.2) is 45.8 Å². The quantitative estimate of drug-likeness (QED) is 0.369. The minimum atomic E-state index is -1.17. The van der Waals surface area contributed by atoms with E-state index in [1.54, 1.807) is 0 Å². The van der Waals surface area contributed by atoms with Gasteiger partial charge in [-0.15, -0.1) is 0 Å². The molecule has 3 aromatic rings. The Morgan fingerprint density at radius 1 is 0.946 bits per heavy atom. The minimum absolute atomic E-state index is 0.227. The van der Waals surface area contributed by atoms with Gasteiger partial charge in [0.1, 0.15) is 5.37 Å². The lowest BCUT2D eigenvalue weighted by Gasteiger charge is -2.53. The van der Waals surface area contributed by atoms with Crippen molar-refractivity contribution >= 4 is 29.5 Å². The number of rotatable bonds is 7. The van der Waals surface area contributed by atoms with Crippen molar-refractivity contribution in [2.75, 3.05) is 6.61 Å². The Morgan fingerprint density at radius 3 is 2.00 bits per heavy atom. The van der Waals surface area contributed by atoms with Crippen molar-refractivity contribution in [1.29, 1.82) is 0 Å². The van der Waals surface area contributed by atoms with Crippen LogP contribution in [0.3, 0.4) is 0 Å². The van der Waals surface area contributed by atoms with Crippen molar-refractivity contribution in [1.82, 2.24) is 10.2 Å². The summed E-state index contributed by atoms with van der Waals surface area (Å²) in [5.41, 5.74) is 2.62. The van der Waals surface area contributed by atoms with Crippen LogP contribution in [0, 0.1) is 0 Å². The number of esters is 1. The van der Waals surface area contributed by atoms with E-state index < -0.39 is 36.0 Å². The van der Waals surface area contributed by atoms with Gasteiger partial charge in [-0.25, -0.2) is 4.79 Å². The number of aliphatic hydroxyl groups excluding tert-OH is 1. The molecule has 3 atom stereocenters. The zero-order valence-electron chi connectivity index (χ0n) is 20.1. The minimum Gasteiger partial charge on any atom is -0.451 e. The van der Waals surface area contributed by atoms with Gasteiger partial charge in [-0.05, 0) is 16.7 Å². The summed E-state index contributed by atoms with van der Waals surface area (Å²) in [5.74, 6) is -1.71.